The number of benzene rings is 3. The second-order valence-electron chi connectivity index (χ2n) is 7.10. The van der Waals surface area contributed by atoms with Gasteiger partial charge in [0.15, 0.2) is 0 Å². The van der Waals surface area contributed by atoms with E-state index in [4.69, 9.17) is 4.74 Å². The number of nitrogens with zero attached hydrogens (tertiary/aromatic N) is 1. The molecule has 7 heteroatoms. The van der Waals surface area contributed by atoms with E-state index < -0.39 is 10.0 Å². The third-order valence-electron chi connectivity index (χ3n) is 4.76. The van der Waals surface area contributed by atoms with Crippen molar-refractivity contribution in [3.8, 4) is 5.75 Å². The van der Waals surface area contributed by atoms with Crippen LogP contribution >= 0.6 is 0 Å². The zero-order valence-corrected chi connectivity index (χ0v) is 18.0. The molecule has 0 atom stereocenters. The average Bonchev–Trinajstić information content (AvgIpc) is 2.75. The Kier molecular flexibility index (Phi) is 7.07. The summed E-state index contributed by atoms with van der Waals surface area (Å²) >= 11 is 0. The maximum absolute atomic E-state index is 12.4. The number of sulfonamides is 1. The van der Waals surface area contributed by atoms with Crippen molar-refractivity contribution in [2.75, 3.05) is 20.7 Å². The predicted molar refractivity (Wildman–Crippen MR) is 118 cm³/mol. The maximum atomic E-state index is 12.4. The van der Waals surface area contributed by atoms with Gasteiger partial charge in [-0.1, -0.05) is 54.6 Å². The molecule has 1 N–H and O–H groups in total. The summed E-state index contributed by atoms with van der Waals surface area (Å²) < 4.78 is 31.9. The van der Waals surface area contributed by atoms with E-state index in [0.29, 0.717) is 25.0 Å². The van der Waals surface area contributed by atoms with Crippen molar-refractivity contribution in [3.63, 3.8) is 0 Å². The topological polar surface area (TPSA) is 75.7 Å². The van der Waals surface area contributed by atoms with Crippen molar-refractivity contribution < 1.29 is 17.9 Å². The van der Waals surface area contributed by atoms with Crippen LogP contribution in [0.4, 0.5) is 0 Å². The van der Waals surface area contributed by atoms with Gasteiger partial charge < -0.3 is 10.1 Å². The van der Waals surface area contributed by atoms with Crippen LogP contribution in [0.15, 0.2) is 71.6 Å². The maximum Gasteiger partial charge on any atom is 0.242 e. The van der Waals surface area contributed by atoms with Crippen LogP contribution in [0.5, 0.6) is 5.75 Å². The van der Waals surface area contributed by atoms with E-state index >= 15 is 0 Å². The molecule has 0 unspecified atom stereocenters. The Morgan fingerprint density at radius 1 is 0.967 bits per heavy atom. The van der Waals surface area contributed by atoms with E-state index in [0.717, 1.165) is 20.8 Å². The second kappa shape index (κ2) is 9.73. The van der Waals surface area contributed by atoms with E-state index in [1.807, 2.05) is 42.5 Å². The third-order valence-corrected chi connectivity index (χ3v) is 6.68. The highest BCUT2D eigenvalue weighted by Gasteiger charge is 2.20. The molecule has 0 heterocycles. The summed E-state index contributed by atoms with van der Waals surface area (Å²) in [5.74, 6) is 0.657. The lowest BCUT2D eigenvalue weighted by Crippen LogP contribution is -2.27. The summed E-state index contributed by atoms with van der Waals surface area (Å²) in [7, 11) is -0.589. The fourth-order valence-corrected chi connectivity index (χ4v) is 4.23. The SMILES string of the molecule is CN(C)S(=O)(=O)c1ccccc1CNC(=O)CCCOc1cccc2ccccc12. The number of carbonyl (C=O) groups excluding carboxylic acids is 1. The first-order chi connectivity index (χ1) is 14.4. The zero-order valence-electron chi connectivity index (χ0n) is 17.2. The number of fused-ring (bicyclic) bond motifs is 1. The predicted octanol–water partition coefficient (Wildman–Crippen LogP) is 3.57. The number of ether oxygens (including phenoxy) is 1. The largest absolute Gasteiger partial charge is 0.493 e. The summed E-state index contributed by atoms with van der Waals surface area (Å²) in [6, 6.07) is 20.6. The first-order valence-electron chi connectivity index (χ1n) is 9.77. The van der Waals surface area contributed by atoms with Crippen molar-refractivity contribution in [1.82, 2.24) is 9.62 Å². The molecule has 0 bridgehead atoms. The number of hydrogen-bond acceptors (Lipinski definition) is 4. The van der Waals surface area contributed by atoms with Crippen molar-refractivity contribution in [1.29, 1.82) is 0 Å². The summed E-state index contributed by atoms with van der Waals surface area (Å²) in [4.78, 5) is 12.4. The molecule has 0 aromatic heterocycles. The molecule has 3 aromatic rings. The highest BCUT2D eigenvalue weighted by Crippen LogP contribution is 2.25. The van der Waals surface area contributed by atoms with Gasteiger partial charge in [0.25, 0.3) is 0 Å². The average molecular weight is 427 g/mol. The molecule has 0 fully saturated rings. The molecule has 30 heavy (non-hydrogen) atoms. The first-order valence-corrected chi connectivity index (χ1v) is 11.2. The molecule has 0 spiro atoms. The third kappa shape index (κ3) is 5.17. The van der Waals surface area contributed by atoms with Gasteiger partial charge in [0.05, 0.1) is 11.5 Å². The van der Waals surface area contributed by atoms with Crippen molar-refractivity contribution in [3.05, 3.63) is 72.3 Å². The van der Waals surface area contributed by atoms with Crippen LogP contribution in [-0.4, -0.2) is 39.3 Å². The summed E-state index contributed by atoms with van der Waals surface area (Å²) in [5, 5.41) is 4.96. The molecular weight excluding hydrogens is 400 g/mol. The fraction of sp³-hybridized carbons (Fsp3) is 0.261. The van der Waals surface area contributed by atoms with Gasteiger partial charge in [-0.05, 0) is 29.5 Å². The van der Waals surface area contributed by atoms with Gasteiger partial charge in [0, 0.05) is 32.4 Å². The molecule has 0 radical (unpaired) electrons. The molecule has 0 aliphatic rings. The minimum atomic E-state index is -3.56. The van der Waals surface area contributed by atoms with Gasteiger partial charge in [0.1, 0.15) is 5.75 Å². The molecule has 0 aliphatic heterocycles. The van der Waals surface area contributed by atoms with E-state index in [2.05, 4.69) is 5.32 Å². The molecule has 3 aromatic carbocycles. The molecule has 1 amide bonds. The van der Waals surface area contributed by atoms with Crippen LogP contribution in [-0.2, 0) is 21.4 Å². The summed E-state index contributed by atoms with van der Waals surface area (Å²) in [6.07, 6.45) is 0.861. The van der Waals surface area contributed by atoms with Crippen LogP contribution in [0.2, 0.25) is 0 Å². The minimum absolute atomic E-state index is 0.145. The summed E-state index contributed by atoms with van der Waals surface area (Å²) in [6.45, 7) is 0.583. The highest BCUT2D eigenvalue weighted by molar-refractivity contribution is 7.89. The van der Waals surface area contributed by atoms with Crippen LogP contribution in [0.25, 0.3) is 10.8 Å². The standard InChI is InChI=1S/C23H26N2O4S/c1-25(2)30(27,28)22-14-6-4-10-19(22)17-24-23(26)15-8-16-29-21-13-7-11-18-9-3-5-12-20(18)21/h3-7,9-14H,8,15-17H2,1-2H3,(H,24,26). The fourth-order valence-electron chi connectivity index (χ4n) is 3.12. The summed E-state index contributed by atoms with van der Waals surface area (Å²) in [5.41, 5.74) is 0.562. The Labute approximate surface area is 177 Å². The normalized spacial score (nSPS) is 11.6. The van der Waals surface area contributed by atoms with Crippen LogP contribution in [0, 0.1) is 0 Å². The van der Waals surface area contributed by atoms with Crippen molar-refractivity contribution in [2.45, 2.75) is 24.3 Å². The number of rotatable bonds is 9. The second-order valence-corrected chi connectivity index (χ2v) is 9.22. The van der Waals surface area contributed by atoms with E-state index in [-0.39, 0.29) is 17.3 Å². The van der Waals surface area contributed by atoms with Gasteiger partial charge in [-0.3, -0.25) is 4.79 Å². The molecule has 0 saturated heterocycles. The first kappa shape index (κ1) is 21.8. The van der Waals surface area contributed by atoms with Crippen LogP contribution < -0.4 is 10.1 Å². The van der Waals surface area contributed by atoms with Gasteiger partial charge in [-0.25, -0.2) is 12.7 Å². The Morgan fingerprint density at radius 2 is 1.67 bits per heavy atom. The van der Waals surface area contributed by atoms with Crippen LogP contribution in [0.3, 0.4) is 0 Å². The van der Waals surface area contributed by atoms with Crippen LogP contribution in [0.1, 0.15) is 18.4 Å². The number of carbonyl (C=O) groups is 1. The Balaban J connectivity index is 1.50. The van der Waals surface area contributed by atoms with Gasteiger partial charge in [0.2, 0.25) is 15.9 Å². The van der Waals surface area contributed by atoms with Gasteiger partial charge in [-0.2, -0.15) is 0 Å². The Bertz CT molecular complexity index is 1120. The Morgan fingerprint density at radius 3 is 2.47 bits per heavy atom. The monoisotopic (exact) mass is 426 g/mol. The van der Waals surface area contributed by atoms with Crippen molar-refractivity contribution >= 4 is 26.7 Å². The Hall–Kier alpha value is -2.90. The smallest absolute Gasteiger partial charge is 0.242 e. The lowest BCUT2D eigenvalue weighted by atomic mass is 10.1. The van der Waals surface area contributed by atoms with E-state index in [1.165, 1.54) is 14.1 Å². The lowest BCUT2D eigenvalue weighted by molar-refractivity contribution is -0.121. The lowest BCUT2D eigenvalue weighted by Gasteiger charge is -2.15. The van der Waals surface area contributed by atoms with Gasteiger partial charge in [-0.15, -0.1) is 0 Å². The molecule has 158 valence electrons. The van der Waals surface area contributed by atoms with Gasteiger partial charge >= 0.3 is 0 Å². The molecule has 0 aliphatic carbocycles. The van der Waals surface area contributed by atoms with E-state index in [1.54, 1.807) is 24.3 Å². The minimum Gasteiger partial charge on any atom is -0.493 e. The number of nitrogens with one attached hydrogen (secondary N) is 1. The highest BCUT2D eigenvalue weighted by atomic mass is 32.2. The molecular formula is C23H26N2O4S. The number of amides is 1. The van der Waals surface area contributed by atoms with Crippen molar-refractivity contribution in [2.24, 2.45) is 0 Å². The molecule has 6 nitrogen and oxygen atoms in total. The molecule has 0 saturated carbocycles. The quantitative estimate of drug-likeness (QED) is 0.531. The zero-order chi connectivity index (χ0) is 21.6. The number of hydrogen-bond donors (Lipinski definition) is 1. The van der Waals surface area contributed by atoms with E-state index in [9.17, 15) is 13.2 Å². The molecule has 3 rings (SSSR count).